The van der Waals surface area contributed by atoms with E-state index in [9.17, 15) is 14.7 Å². The molecule has 1 aliphatic rings. The number of hydrogen-bond donors (Lipinski definition) is 1. The largest absolute Gasteiger partial charge is 0.459 e. The van der Waals surface area contributed by atoms with Gasteiger partial charge in [-0.2, -0.15) is 0 Å². The number of aryl methyl sites for hydroxylation is 1. The molecule has 3 rings (SSSR count). The van der Waals surface area contributed by atoms with Gasteiger partial charge in [-0.15, -0.1) is 0 Å². The molecule has 1 saturated heterocycles. The lowest BCUT2D eigenvalue weighted by Crippen LogP contribution is -2.48. The second-order valence-corrected chi connectivity index (χ2v) is 8.92. The maximum absolute atomic E-state index is 12.9. The smallest absolute Gasteiger partial charge is 0.413 e. The first kappa shape index (κ1) is 22.7. The first-order valence-electron chi connectivity index (χ1n) is 10.5. The van der Waals surface area contributed by atoms with E-state index in [1.165, 1.54) is 0 Å². The average molecular weight is 427 g/mol. The van der Waals surface area contributed by atoms with E-state index in [4.69, 9.17) is 9.47 Å². The molecule has 0 radical (unpaired) electrons. The summed E-state index contributed by atoms with van der Waals surface area (Å²) in [6, 6.07) is 12.2. The topological polar surface area (TPSA) is 89.0 Å². The van der Waals surface area contributed by atoms with Crippen LogP contribution in [0.4, 0.5) is 4.79 Å². The molecule has 0 bridgehead atoms. The maximum Gasteiger partial charge on any atom is 0.413 e. The quantitative estimate of drug-likeness (QED) is 0.735. The minimum absolute atomic E-state index is 0.0998. The highest BCUT2D eigenvalue weighted by Gasteiger charge is 2.48. The molecule has 1 amide bonds. The zero-order chi connectivity index (χ0) is 22.6. The number of esters is 1. The maximum atomic E-state index is 12.9. The van der Waals surface area contributed by atoms with Crippen molar-refractivity contribution in [1.82, 2.24) is 9.88 Å². The van der Waals surface area contributed by atoms with Crippen LogP contribution in [0.5, 0.6) is 0 Å². The monoisotopic (exact) mass is 426 g/mol. The number of pyridine rings is 1. The van der Waals surface area contributed by atoms with Crippen LogP contribution in [0.25, 0.3) is 0 Å². The number of carbonyl (C=O) groups is 2. The Hall–Kier alpha value is -2.93. The first-order chi connectivity index (χ1) is 14.6. The Bertz CT molecular complexity index is 910. The van der Waals surface area contributed by atoms with E-state index in [-0.39, 0.29) is 18.9 Å². The number of nitrogens with zero attached hydrogens (tertiary/aromatic N) is 2. The Morgan fingerprint density at radius 1 is 1.16 bits per heavy atom. The van der Waals surface area contributed by atoms with Gasteiger partial charge in [-0.25, -0.2) is 9.59 Å². The number of carbonyl (C=O) groups excluding carboxylic acids is 2. The minimum atomic E-state index is -1.16. The summed E-state index contributed by atoms with van der Waals surface area (Å²) in [7, 11) is 0. The highest BCUT2D eigenvalue weighted by atomic mass is 16.6. The van der Waals surface area contributed by atoms with Crippen LogP contribution in [0.3, 0.4) is 0 Å². The normalized spacial score (nSPS) is 21.1. The van der Waals surface area contributed by atoms with Gasteiger partial charge in [-0.1, -0.05) is 30.3 Å². The second-order valence-electron chi connectivity index (χ2n) is 8.92. The third kappa shape index (κ3) is 6.04. The molecule has 7 heteroatoms. The standard InChI is InChI=1S/C24H30N2O5/c1-16-12-18(10-11-25-16)13-19-14-20(22(28)30-15-17-8-6-5-7-9-17)26(21(19)27)23(29)31-24(2,3)4/h5-12,19-21,27H,13-15H2,1-4H3/t19-,20+,21?/m0/s1. The van der Waals surface area contributed by atoms with Crippen molar-refractivity contribution >= 4 is 12.1 Å². The summed E-state index contributed by atoms with van der Waals surface area (Å²) in [6.45, 7) is 7.22. The van der Waals surface area contributed by atoms with Gasteiger partial charge >= 0.3 is 12.1 Å². The van der Waals surface area contributed by atoms with Crippen molar-refractivity contribution in [3.05, 3.63) is 65.5 Å². The lowest BCUT2D eigenvalue weighted by Gasteiger charge is -2.30. The first-order valence-corrected chi connectivity index (χ1v) is 10.5. The number of aromatic nitrogens is 1. The van der Waals surface area contributed by atoms with Crippen LogP contribution in [0.2, 0.25) is 0 Å². The number of benzene rings is 1. The Balaban J connectivity index is 1.77. The van der Waals surface area contributed by atoms with E-state index in [1.54, 1.807) is 27.0 Å². The van der Waals surface area contributed by atoms with Crippen molar-refractivity contribution < 1.29 is 24.2 Å². The number of rotatable bonds is 5. The summed E-state index contributed by atoms with van der Waals surface area (Å²) in [5.74, 6) is -0.884. The van der Waals surface area contributed by atoms with Gasteiger partial charge in [-0.3, -0.25) is 9.88 Å². The van der Waals surface area contributed by atoms with Gasteiger partial charge in [0.2, 0.25) is 0 Å². The van der Waals surface area contributed by atoms with Crippen molar-refractivity contribution in [2.45, 2.75) is 65.0 Å². The Morgan fingerprint density at radius 2 is 1.87 bits per heavy atom. The fraction of sp³-hybridized carbons (Fsp3) is 0.458. The zero-order valence-electron chi connectivity index (χ0n) is 18.4. The third-order valence-corrected chi connectivity index (χ3v) is 5.13. The molecule has 0 saturated carbocycles. The van der Waals surface area contributed by atoms with Crippen LogP contribution in [0, 0.1) is 12.8 Å². The molecule has 1 aromatic carbocycles. The van der Waals surface area contributed by atoms with Crippen molar-refractivity contribution in [2.24, 2.45) is 5.92 Å². The summed E-state index contributed by atoms with van der Waals surface area (Å²) in [5.41, 5.74) is 1.95. The highest BCUT2D eigenvalue weighted by molar-refractivity contribution is 5.82. The molecule has 7 nitrogen and oxygen atoms in total. The number of hydrogen-bond acceptors (Lipinski definition) is 6. The van der Waals surface area contributed by atoms with Crippen molar-refractivity contribution in [1.29, 1.82) is 0 Å². The molecule has 0 spiro atoms. The molecule has 1 aliphatic heterocycles. The van der Waals surface area contributed by atoms with Crippen LogP contribution in [-0.4, -0.2) is 44.9 Å². The summed E-state index contributed by atoms with van der Waals surface area (Å²) in [6.07, 6.45) is 0.623. The summed E-state index contributed by atoms with van der Waals surface area (Å²) >= 11 is 0. The number of ether oxygens (including phenoxy) is 2. The van der Waals surface area contributed by atoms with Crippen LogP contribution in [-0.2, 0) is 27.3 Å². The number of amides is 1. The van der Waals surface area contributed by atoms with Crippen LogP contribution >= 0.6 is 0 Å². The Labute approximate surface area is 183 Å². The van der Waals surface area contributed by atoms with E-state index in [0.29, 0.717) is 6.42 Å². The fourth-order valence-electron chi connectivity index (χ4n) is 3.74. The van der Waals surface area contributed by atoms with Crippen LogP contribution in [0.1, 0.15) is 44.0 Å². The van der Waals surface area contributed by atoms with Gasteiger partial charge in [0.15, 0.2) is 0 Å². The molecule has 166 valence electrons. The summed E-state index contributed by atoms with van der Waals surface area (Å²) in [4.78, 5) is 31.1. The van der Waals surface area contributed by atoms with Crippen LogP contribution in [0.15, 0.2) is 48.7 Å². The van der Waals surface area contributed by atoms with E-state index in [1.807, 2.05) is 49.4 Å². The molecule has 31 heavy (non-hydrogen) atoms. The Kier molecular flexibility index (Phi) is 6.95. The van der Waals surface area contributed by atoms with Gasteiger partial charge in [0.05, 0.1) is 0 Å². The number of likely N-dealkylation sites (tertiary alicyclic amines) is 1. The summed E-state index contributed by atoms with van der Waals surface area (Å²) < 4.78 is 10.9. The molecule has 1 fully saturated rings. The second kappa shape index (κ2) is 9.47. The fourth-order valence-corrected chi connectivity index (χ4v) is 3.74. The molecule has 3 atom stereocenters. The molecular weight excluding hydrogens is 396 g/mol. The van der Waals surface area contributed by atoms with Gasteiger partial charge < -0.3 is 14.6 Å². The predicted molar refractivity (Wildman–Crippen MR) is 115 cm³/mol. The van der Waals surface area contributed by atoms with E-state index in [0.717, 1.165) is 21.7 Å². The molecule has 1 aromatic heterocycles. The predicted octanol–water partition coefficient (Wildman–Crippen LogP) is 3.62. The van der Waals surface area contributed by atoms with Crippen molar-refractivity contribution in [2.75, 3.05) is 0 Å². The van der Waals surface area contributed by atoms with Gasteiger partial charge in [0.25, 0.3) is 0 Å². The zero-order valence-corrected chi connectivity index (χ0v) is 18.4. The van der Waals surface area contributed by atoms with Gasteiger partial charge in [0, 0.05) is 17.8 Å². The Morgan fingerprint density at radius 3 is 2.52 bits per heavy atom. The van der Waals surface area contributed by atoms with E-state index in [2.05, 4.69) is 4.98 Å². The molecule has 2 heterocycles. The highest BCUT2D eigenvalue weighted by Crippen LogP contribution is 2.33. The lowest BCUT2D eigenvalue weighted by molar-refractivity contribution is -0.152. The molecule has 0 aliphatic carbocycles. The third-order valence-electron chi connectivity index (χ3n) is 5.13. The molecule has 2 aromatic rings. The molecular formula is C24H30N2O5. The lowest BCUT2D eigenvalue weighted by atomic mass is 9.96. The molecule has 1 unspecified atom stereocenters. The average Bonchev–Trinajstić information content (AvgIpc) is 3.02. The summed E-state index contributed by atoms with van der Waals surface area (Å²) in [5, 5.41) is 11.0. The minimum Gasteiger partial charge on any atom is -0.459 e. The van der Waals surface area contributed by atoms with Gasteiger partial charge in [0.1, 0.15) is 24.5 Å². The number of aliphatic hydroxyl groups is 1. The molecule has 1 N–H and O–H groups in total. The number of aliphatic hydroxyl groups excluding tert-OH is 1. The van der Waals surface area contributed by atoms with Crippen molar-refractivity contribution in [3.8, 4) is 0 Å². The van der Waals surface area contributed by atoms with Crippen LogP contribution < -0.4 is 0 Å². The van der Waals surface area contributed by atoms with E-state index >= 15 is 0 Å². The van der Waals surface area contributed by atoms with Gasteiger partial charge in [-0.05, 0) is 63.8 Å². The van der Waals surface area contributed by atoms with Crippen molar-refractivity contribution in [3.63, 3.8) is 0 Å². The SMILES string of the molecule is Cc1cc(C[C@H]2C[C@H](C(=O)OCc3ccccc3)N(C(=O)OC(C)(C)C)C2O)ccn1. The van der Waals surface area contributed by atoms with E-state index < -0.39 is 29.9 Å².